The Morgan fingerprint density at radius 2 is 1.89 bits per heavy atom. The molecule has 7 heteroatoms. The number of para-hydroxylation sites is 1. The Balaban J connectivity index is 1.45. The molecule has 2 aliphatic heterocycles. The van der Waals surface area contributed by atoms with E-state index in [4.69, 9.17) is 4.74 Å². The lowest BCUT2D eigenvalue weighted by Gasteiger charge is -2.46. The van der Waals surface area contributed by atoms with E-state index in [1.54, 1.807) is 0 Å². The van der Waals surface area contributed by atoms with Crippen LogP contribution in [-0.4, -0.2) is 53.5 Å². The van der Waals surface area contributed by atoms with Crippen molar-refractivity contribution in [3.8, 4) is 0 Å². The average Bonchev–Trinajstić information content (AvgIpc) is 3.03. The number of ether oxygens (including phenoxy) is 1. The van der Waals surface area contributed by atoms with E-state index in [-0.39, 0.29) is 24.0 Å². The first-order valence-electron chi connectivity index (χ1n) is 9.20. The van der Waals surface area contributed by atoms with Crippen molar-refractivity contribution >= 4 is 28.8 Å². The van der Waals surface area contributed by atoms with Gasteiger partial charge in [0.15, 0.2) is 0 Å². The summed E-state index contributed by atoms with van der Waals surface area (Å²) in [7, 11) is 0. The molecule has 0 saturated carbocycles. The van der Waals surface area contributed by atoms with Gasteiger partial charge in [0.2, 0.25) is 0 Å². The van der Waals surface area contributed by atoms with Gasteiger partial charge in [-0.2, -0.15) is 0 Å². The highest BCUT2D eigenvalue weighted by atomic mass is 32.1. The number of benzene rings is 1. The van der Waals surface area contributed by atoms with Crippen molar-refractivity contribution in [2.24, 2.45) is 0 Å². The van der Waals surface area contributed by atoms with Crippen LogP contribution >= 0.6 is 11.3 Å². The van der Waals surface area contributed by atoms with Crippen LogP contribution in [0.5, 0.6) is 0 Å². The van der Waals surface area contributed by atoms with Crippen LogP contribution in [-0.2, 0) is 9.53 Å². The van der Waals surface area contributed by atoms with Crippen molar-refractivity contribution in [1.82, 2.24) is 9.88 Å². The van der Waals surface area contributed by atoms with Gasteiger partial charge in [-0.15, -0.1) is 11.3 Å². The van der Waals surface area contributed by atoms with Gasteiger partial charge in [-0.25, -0.2) is 4.98 Å². The number of aryl methyl sites for hydroxylation is 2. The number of aromatic nitrogens is 1. The third kappa shape index (κ3) is 3.49. The van der Waals surface area contributed by atoms with Crippen LogP contribution in [0.4, 0.5) is 5.69 Å². The Labute approximate surface area is 162 Å². The molecule has 1 aromatic heterocycles. The van der Waals surface area contributed by atoms with E-state index >= 15 is 0 Å². The van der Waals surface area contributed by atoms with Crippen LogP contribution in [0.25, 0.3) is 0 Å². The SMILES string of the molecule is Cc1nc(C)c(C(=O)N2CCC3(CC2)CN(c2ccccc2)C(=O)CO3)s1. The summed E-state index contributed by atoms with van der Waals surface area (Å²) in [6.45, 7) is 5.70. The van der Waals surface area contributed by atoms with Crippen LogP contribution < -0.4 is 4.90 Å². The number of anilines is 1. The minimum Gasteiger partial charge on any atom is -0.363 e. The maximum atomic E-state index is 12.8. The van der Waals surface area contributed by atoms with Gasteiger partial charge in [0.05, 0.1) is 22.8 Å². The molecule has 4 rings (SSSR count). The predicted octanol–water partition coefficient (Wildman–Crippen LogP) is 2.80. The van der Waals surface area contributed by atoms with Crippen LogP contribution in [0, 0.1) is 13.8 Å². The minimum absolute atomic E-state index is 0.0129. The zero-order chi connectivity index (χ0) is 19.0. The van der Waals surface area contributed by atoms with Gasteiger partial charge in [0.25, 0.3) is 11.8 Å². The summed E-state index contributed by atoms with van der Waals surface area (Å²) < 4.78 is 5.99. The molecule has 0 unspecified atom stereocenters. The Kier molecular flexibility index (Phi) is 4.74. The Morgan fingerprint density at radius 3 is 2.52 bits per heavy atom. The summed E-state index contributed by atoms with van der Waals surface area (Å²) in [5.41, 5.74) is 1.33. The van der Waals surface area contributed by atoms with Crippen LogP contribution in [0.3, 0.4) is 0 Å². The number of hydrogen-bond donors (Lipinski definition) is 0. The number of thiazole rings is 1. The number of piperidine rings is 1. The van der Waals surface area contributed by atoms with Crippen molar-refractivity contribution in [3.05, 3.63) is 45.9 Å². The van der Waals surface area contributed by atoms with E-state index in [0.717, 1.165) is 34.1 Å². The molecule has 6 nitrogen and oxygen atoms in total. The Morgan fingerprint density at radius 1 is 1.19 bits per heavy atom. The second-order valence-electron chi connectivity index (χ2n) is 7.23. The number of carbonyl (C=O) groups excluding carboxylic acids is 2. The normalized spacial score (nSPS) is 19.6. The van der Waals surface area contributed by atoms with Crippen LogP contribution in [0.2, 0.25) is 0 Å². The number of hydrogen-bond acceptors (Lipinski definition) is 5. The number of likely N-dealkylation sites (tertiary alicyclic amines) is 1. The van der Waals surface area contributed by atoms with Gasteiger partial charge in [-0.1, -0.05) is 18.2 Å². The van der Waals surface area contributed by atoms with Crippen molar-refractivity contribution < 1.29 is 14.3 Å². The number of amides is 2. The molecule has 2 aliphatic rings. The lowest BCUT2D eigenvalue weighted by molar-refractivity contribution is -0.143. The molecule has 0 bridgehead atoms. The first kappa shape index (κ1) is 18.1. The maximum Gasteiger partial charge on any atom is 0.265 e. The Hall–Kier alpha value is -2.25. The number of carbonyl (C=O) groups is 2. The number of rotatable bonds is 2. The van der Waals surface area contributed by atoms with Crippen LogP contribution in [0.1, 0.15) is 33.2 Å². The number of morpholine rings is 1. The van der Waals surface area contributed by atoms with E-state index in [1.807, 2.05) is 54.0 Å². The molecule has 27 heavy (non-hydrogen) atoms. The fourth-order valence-electron chi connectivity index (χ4n) is 3.85. The van der Waals surface area contributed by atoms with Gasteiger partial charge in [-0.3, -0.25) is 9.59 Å². The lowest BCUT2D eigenvalue weighted by atomic mass is 9.89. The van der Waals surface area contributed by atoms with E-state index in [9.17, 15) is 9.59 Å². The second-order valence-corrected chi connectivity index (χ2v) is 8.43. The van der Waals surface area contributed by atoms with Crippen molar-refractivity contribution in [2.75, 3.05) is 31.1 Å². The van der Waals surface area contributed by atoms with Crippen molar-refractivity contribution in [3.63, 3.8) is 0 Å². The smallest absolute Gasteiger partial charge is 0.265 e. The molecular weight excluding hydrogens is 362 g/mol. The lowest BCUT2D eigenvalue weighted by Crippen LogP contribution is -2.59. The topological polar surface area (TPSA) is 62.7 Å². The quantitative estimate of drug-likeness (QED) is 0.798. The molecule has 0 atom stereocenters. The molecule has 1 spiro atoms. The highest BCUT2D eigenvalue weighted by molar-refractivity contribution is 7.13. The predicted molar refractivity (Wildman–Crippen MR) is 104 cm³/mol. The molecular formula is C20H23N3O3S. The van der Waals surface area contributed by atoms with E-state index in [1.165, 1.54) is 11.3 Å². The monoisotopic (exact) mass is 385 g/mol. The van der Waals surface area contributed by atoms with Crippen molar-refractivity contribution in [1.29, 1.82) is 0 Å². The highest BCUT2D eigenvalue weighted by Crippen LogP contribution is 2.33. The van der Waals surface area contributed by atoms with Gasteiger partial charge in [-0.05, 0) is 38.8 Å². The van der Waals surface area contributed by atoms with E-state index < -0.39 is 0 Å². The minimum atomic E-state index is -0.376. The van der Waals surface area contributed by atoms with Gasteiger partial charge in [0, 0.05) is 18.8 Å². The average molecular weight is 385 g/mol. The fourth-order valence-corrected chi connectivity index (χ4v) is 4.74. The molecule has 2 saturated heterocycles. The molecule has 3 heterocycles. The van der Waals surface area contributed by atoms with Crippen LogP contribution in [0.15, 0.2) is 30.3 Å². The zero-order valence-corrected chi connectivity index (χ0v) is 16.4. The fraction of sp³-hybridized carbons (Fsp3) is 0.450. The molecule has 0 aliphatic carbocycles. The summed E-state index contributed by atoms with van der Waals surface area (Å²) in [4.78, 5) is 34.0. The van der Waals surface area contributed by atoms with E-state index in [0.29, 0.717) is 19.6 Å². The summed E-state index contributed by atoms with van der Waals surface area (Å²) >= 11 is 1.45. The molecule has 2 fully saturated rings. The first-order chi connectivity index (χ1) is 13.0. The third-order valence-electron chi connectivity index (χ3n) is 5.38. The molecule has 0 radical (unpaired) electrons. The summed E-state index contributed by atoms with van der Waals surface area (Å²) in [6.07, 6.45) is 1.46. The molecule has 2 amide bonds. The number of nitrogens with zero attached hydrogens (tertiary/aromatic N) is 3. The Bertz CT molecular complexity index is 857. The van der Waals surface area contributed by atoms with Gasteiger partial charge in [0.1, 0.15) is 11.5 Å². The third-order valence-corrected chi connectivity index (χ3v) is 6.44. The highest BCUT2D eigenvalue weighted by Gasteiger charge is 2.43. The summed E-state index contributed by atoms with van der Waals surface area (Å²) in [5.74, 6) is 0.0424. The molecule has 0 N–H and O–H groups in total. The second kappa shape index (κ2) is 7.05. The standard InChI is InChI=1S/C20H23N3O3S/c1-14-18(27-15(2)21-14)19(25)22-10-8-20(9-11-22)13-23(17(24)12-26-20)16-6-4-3-5-7-16/h3-7H,8-13H2,1-2H3. The summed E-state index contributed by atoms with van der Waals surface area (Å²) in [5, 5.41) is 0.914. The largest absolute Gasteiger partial charge is 0.363 e. The van der Waals surface area contributed by atoms with Gasteiger partial charge < -0.3 is 14.5 Å². The zero-order valence-electron chi connectivity index (χ0n) is 15.6. The summed E-state index contributed by atoms with van der Waals surface area (Å²) in [6, 6.07) is 9.71. The van der Waals surface area contributed by atoms with E-state index in [2.05, 4.69) is 4.98 Å². The maximum absolute atomic E-state index is 12.8. The van der Waals surface area contributed by atoms with Crippen molar-refractivity contribution in [2.45, 2.75) is 32.3 Å². The molecule has 142 valence electrons. The van der Waals surface area contributed by atoms with Gasteiger partial charge >= 0.3 is 0 Å². The first-order valence-corrected chi connectivity index (χ1v) is 10.0. The molecule has 1 aromatic carbocycles. The molecule has 2 aromatic rings.